The Kier molecular flexibility index (Phi) is 3.57. The van der Waals surface area contributed by atoms with E-state index in [4.69, 9.17) is 16.1 Å². The second-order valence-corrected chi connectivity index (χ2v) is 8.93. The van der Waals surface area contributed by atoms with Gasteiger partial charge in [0.1, 0.15) is 0 Å². The molecule has 0 saturated heterocycles. The van der Waals surface area contributed by atoms with Gasteiger partial charge in [-0.05, 0) is 36.4 Å². The van der Waals surface area contributed by atoms with Crippen molar-refractivity contribution in [1.82, 2.24) is 0 Å². The lowest BCUT2D eigenvalue weighted by molar-refractivity contribution is 0.411. The first-order chi connectivity index (χ1) is 9.04. The van der Waals surface area contributed by atoms with Crippen molar-refractivity contribution < 1.29 is 9.09 Å². The van der Waals surface area contributed by atoms with Crippen molar-refractivity contribution in [2.75, 3.05) is 7.11 Å². The zero-order chi connectivity index (χ0) is 13.6. The molecule has 0 radical (unpaired) electrons. The van der Waals surface area contributed by atoms with E-state index in [1.54, 1.807) is 23.9 Å². The van der Waals surface area contributed by atoms with Gasteiger partial charge in [0.2, 0.25) is 0 Å². The highest BCUT2D eigenvalue weighted by molar-refractivity contribution is 9.10. The Hall–Kier alpha value is -0.250. The molecule has 2 aromatic rings. The van der Waals surface area contributed by atoms with Crippen LogP contribution in [0, 0.1) is 0 Å². The molecule has 0 aromatic heterocycles. The van der Waals surface area contributed by atoms with Gasteiger partial charge in [-0.2, -0.15) is 0 Å². The lowest BCUT2D eigenvalue weighted by Crippen LogP contribution is -2.24. The molecule has 98 valence electrons. The molecule has 0 amide bonds. The molecule has 0 bridgehead atoms. The van der Waals surface area contributed by atoms with Gasteiger partial charge in [-0.25, -0.2) is 0 Å². The van der Waals surface area contributed by atoms with Crippen LogP contribution < -0.4 is 10.6 Å². The van der Waals surface area contributed by atoms with E-state index in [2.05, 4.69) is 15.9 Å². The minimum Gasteiger partial charge on any atom is -0.325 e. The average Bonchev–Trinajstić information content (AvgIpc) is 2.39. The molecule has 2 aromatic carbocycles. The monoisotopic (exact) mass is 374 g/mol. The first kappa shape index (κ1) is 13.7. The normalized spacial score (nSPS) is 20.8. The summed E-state index contributed by atoms with van der Waals surface area (Å²) in [5.41, 5.74) is 0. The Balaban J connectivity index is 2.31. The summed E-state index contributed by atoms with van der Waals surface area (Å²) in [6.45, 7) is 0. The lowest BCUT2D eigenvalue weighted by atomic mass is 10.3. The van der Waals surface area contributed by atoms with Gasteiger partial charge in [-0.1, -0.05) is 39.3 Å². The largest absolute Gasteiger partial charge is 0.325 e. The fraction of sp³-hybridized carbons (Fsp3) is 0.0769. The summed E-state index contributed by atoms with van der Waals surface area (Å²) < 4.78 is 19.6. The zero-order valence-corrected chi connectivity index (χ0v) is 13.9. The van der Waals surface area contributed by atoms with E-state index in [1.807, 2.05) is 24.3 Å². The zero-order valence-electron chi connectivity index (χ0n) is 9.89. The van der Waals surface area contributed by atoms with Crippen LogP contribution in [-0.2, 0) is 9.09 Å². The van der Waals surface area contributed by atoms with Gasteiger partial charge >= 0.3 is 0 Å². The van der Waals surface area contributed by atoms with Crippen LogP contribution in [-0.4, -0.2) is 7.11 Å². The summed E-state index contributed by atoms with van der Waals surface area (Å²) >= 11 is 11.0. The number of hydrogen-bond donors (Lipinski definition) is 0. The highest BCUT2D eigenvalue weighted by atomic mass is 79.9. The number of hydrogen-bond acceptors (Lipinski definition) is 3. The Labute approximate surface area is 129 Å². The van der Waals surface area contributed by atoms with Crippen molar-refractivity contribution in [3.8, 4) is 0 Å². The van der Waals surface area contributed by atoms with Gasteiger partial charge in [0.25, 0.3) is 7.37 Å². The summed E-state index contributed by atoms with van der Waals surface area (Å²) in [6.07, 6.45) is 0. The summed E-state index contributed by atoms with van der Waals surface area (Å²) in [5.74, 6) is 0. The maximum Gasteiger partial charge on any atom is 0.263 e. The standard InChI is InChI=1S/C13H9BrClO2PS/c1-17-18(16)10-4-2-8(14)6-13(10)19-12-5-3-9(15)7-11(12)18/h2-7H,1H3. The third-order valence-electron chi connectivity index (χ3n) is 2.95. The molecule has 6 heteroatoms. The van der Waals surface area contributed by atoms with E-state index in [1.165, 1.54) is 7.11 Å². The van der Waals surface area contributed by atoms with Crippen molar-refractivity contribution >= 4 is 57.3 Å². The molecule has 0 fully saturated rings. The van der Waals surface area contributed by atoms with Gasteiger partial charge in [-0.3, -0.25) is 4.57 Å². The molecule has 3 rings (SSSR count). The molecule has 1 aliphatic rings. The summed E-state index contributed by atoms with van der Waals surface area (Å²) in [7, 11) is -1.57. The lowest BCUT2D eigenvalue weighted by Gasteiger charge is -2.26. The van der Waals surface area contributed by atoms with Gasteiger partial charge in [0.05, 0.1) is 10.6 Å². The highest BCUT2D eigenvalue weighted by Gasteiger charge is 2.36. The molecule has 19 heavy (non-hydrogen) atoms. The van der Waals surface area contributed by atoms with E-state index in [0.29, 0.717) is 10.3 Å². The van der Waals surface area contributed by atoms with Crippen molar-refractivity contribution in [2.45, 2.75) is 9.79 Å². The molecule has 1 unspecified atom stereocenters. The van der Waals surface area contributed by atoms with Gasteiger partial charge in [-0.15, -0.1) is 0 Å². The molecular formula is C13H9BrClO2PS. The molecule has 0 saturated carbocycles. The van der Waals surface area contributed by atoms with Crippen molar-refractivity contribution in [1.29, 1.82) is 0 Å². The van der Waals surface area contributed by atoms with Gasteiger partial charge < -0.3 is 4.52 Å². The molecule has 1 aliphatic heterocycles. The van der Waals surface area contributed by atoms with E-state index in [9.17, 15) is 4.57 Å². The van der Waals surface area contributed by atoms with E-state index >= 15 is 0 Å². The predicted molar refractivity (Wildman–Crippen MR) is 83.6 cm³/mol. The maximum absolute atomic E-state index is 13.2. The van der Waals surface area contributed by atoms with Crippen LogP contribution in [0.4, 0.5) is 0 Å². The van der Waals surface area contributed by atoms with Crippen LogP contribution in [0.2, 0.25) is 5.02 Å². The SMILES string of the molecule is COP1(=O)c2ccc(Br)cc2Sc2ccc(Cl)cc21. The van der Waals surface area contributed by atoms with E-state index < -0.39 is 7.37 Å². The Bertz CT molecular complexity index is 720. The smallest absolute Gasteiger partial charge is 0.263 e. The minimum atomic E-state index is -3.05. The summed E-state index contributed by atoms with van der Waals surface area (Å²) in [6, 6.07) is 11.1. The Morgan fingerprint density at radius 2 is 1.95 bits per heavy atom. The molecule has 1 atom stereocenters. The van der Waals surface area contributed by atoms with Crippen LogP contribution in [0.1, 0.15) is 0 Å². The van der Waals surface area contributed by atoms with Crippen molar-refractivity contribution in [3.05, 3.63) is 45.9 Å². The number of fused-ring (bicyclic) bond motifs is 2. The molecule has 0 spiro atoms. The molecule has 2 nitrogen and oxygen atoms in total. The fourth-order valence-corrected chi connectivity index (χ4v) is 6.67. The number of benzene rings is 2. The quantitative estimate of drug-likeness (QED) is 0.689. The first-order valence-electron chi connectivity index (χ1n) is 5.48. The molecular weight excluding hydrogens is 367 g/mol. The van der Waals surface area contributed by atoms with Crippen LogP contribution in [0.3, 0.4) is 0 Å². The number of rotatable bonds is 1. The van der Waals surface area contributed by atoms with E-state index in [0.717, 1.165) is 19.6 Å². The fourth-order valence-electron chi connectivity index (χ4n) is 2.06. The van der Waals surface area contributed by atoms with Gasteiger partial charge in [0, 0.05) is 26.4 Å². The third-order valence-corrected chi connectivity index (χ3v) is 7.66. The first-order valence-corrected chi connectivity index (χ1v) is 9.10. The minimum absolute atomic E-state index is 0.567. The Morgan fingerprint density at radius 3 is 2.68 bits per heavy atom. The molecule has 1 heterocycles. The predicted octanol–water partition coefficient (Wildman–Crippen LogP) is 4.44. The van der Waals surface area contributed by atoms with Crippen molar-refractivity contribution in [2.24, 2.45) is 0 Å². The molecule has 0 aliphatic carbocycles. The van der Waals surface area contributed by atoms with Gasteiger partial charge in [0.15, 0.2) is 0 Å². The molecule has 0 N–H and O–H groups in total. The highest BCUT2D eigenvalue weighted by Crippen LogP contribution is 2.53. The number of halogens is 2. The summed E-state index contributed by atoms with van der Waals surface area (Å²) in [5, 5.41) is 1.98. The second kappa shape index (κ2) is 4.94. The topological polar surface area (TPSA) is 26.3 Å². The van der Waals surface area contributed by atoms with E-state index in [-0.39, 0.29) is 0 Å². The van der Waals surface area contributed by atoms with Crippen LogP contribution in [0.5, 0.6) is 0 Å². The average molecular weight is 376 g/mol. The van der Waals surface area contributed by atoms with Crippen LogP contribution in [0.15, 0.2) is 50.7 Å². The van der Waals surface area contributed by atoms with Crippen LogP contribution >= 0.6 is 46.7 Å². The maximum atomic E-state index is 13.2. The summed E-state index contributed by atoms with van der Waals surface area (Å²) in [4.78, 5) is 1.88. The second-order valence-electron chi connectivity index (χ2n) is 4.06. The van der Waals surface area contributed by atoms with Crippen LogP contribution in [0.25, 0.3) is 0 Å². The van der Waals surface area contributed by atoms with Crippen molar-refractivity contribution in [3.63, 3.8) is 0 Å². The Morgan fingerprint density at radius 1 is 1.16 bits per heavy atom. The third kappa shape index (κ3) is 2.20.